The lowest BCUT2D eigenvalue weighted by Crippen LogP contribution is -1.94. The lowest BCUT2D eigenvalue weighted by Gasteiger charge is -2.10. The molecule has 3 heterocycles. The van der Waals surface area contributed by atoms with Gasteiger partial charge in [0.2, 0.25) is 0 Å². The molecule has 8 rings (SSSR count). The Bertz CT molecular complexity index is 2060. The topological polar surface area (TPSA) is 30.7 Å². The number of rotatable bonds is 2. The van der Waals surface area contributed by atoms with Crippen LogP contribution < -0.4 is 0 Å². The Morgan fingerprint density at radius 1 is 0.528 bits per heavy atom. The van der Waals surface area contributed by atoms with Gasteiger partial charge in [0.15, 0.2) is 0 Å². The highest BCUT2D eigenvalue weighted by Crippen LogP contribution is 2.37. The van der Waals surface area contributed by atoms with Crippen LogP contribution in [0.3, 0.4) is 0 Å². The van der Waals surface area contributed by atoms with Crippen LogP contribution in [0.2, 0.25) is 0 Å². The fourth-order valence-corrected chi connectivity index (χ4v) is 6.35. The monoisotopic (exact) mass is 477 g/mol. The van der Waals surface area contributed by atoms with Crippen molar-refractivity contribution in [1.29, 1.82) is 0 Å². The van der Waals surface area contributed by atoms with Crippen molar-refractivity contribution in [2.75, 3.05) is 0 Å². The molecule has 5 aromatic carbocycles. The Hall–Kier alpha value is -4.54. The third-order valence-corrected chi connectivity index (χ3v) is 8.05. The molecule has 0 spiro atoms. The molecule has 0 atom stereocenters. The summed E-state index contributed by atoms with van der Waals surface area (Å²) in [5.74, 6) is 0. The van der Waals surface area contributed by atoms with Crippen LogP contribution in [0.15, 0.2) is 115 Å². The molecular formula is C32H19N3S. The summed E-state index contributed by atoms with van der Waals surface area (Å²) in [5, 5.41) is 3.71. The molecule has 0 unspecified atom stereocenters. The van der Waals surface area contributed by atoms with E-state index in [4.69, 9.17) is 9.97 Å². The average molecular weight is 478 g/mol. The standard InChI is InChI=1S/C32H19N3S/c1-5-14-28-23(10-1)24-11-2-6-15-29(24)35(28)22-9-7-8-20(18-22)21-16-17-30-25(19-21)31-32(36-30)34-27-13-4-3-12-26(27)33-31/h1-19H. The second-order valence-corrected chi connectivity index (χ2v) is 10.1. The summed E-state index contributed by atoms with van der Waals surface area (Å²) in [5.41, 5.74) is 8.82. The van der Waals surface area contributed by atoms with Crippen LogP contribution in [0.25, 0.3) is 70.1 Å². The summed E-state index contributed by atoms with van der Waals surface area (Å²) in [6, 6.07) is 40.9. The molecular weight excluding hydrogens is 458 g/mol. The van der Waals surface area contributed by atoms with E-state index in [1.54, 1.807) is 11.3 Å². The summed E-state index contributed by atoms with van der Waals surface area (Å²) >= 11 is 1.71. The molecule has 0 aliphatic rings. The van der Waals surface area contributed by atoms with Gasteiger partial charge in [-0.1, -0.05) is 66.7 Å². The number of hydrogen-bond acceptors (Lipinski definition) is 3. The van der Waals surface area contributed by atoms with Gasteiger partial charge in [0.25, 0.3) is 0 Å². The molecule has 4 heteroatoms. The molecule has 0 saturated carbocycles. The summed E-state index contributed by atoms with van der Waals surface area (Å²) in [6.07, 6.45) is 0. The van der Waals surface area contributed by atoms with Crippen molar-refractivity contribution >= 4 is 64.6 Å². The summed E-state index contributed by atoms with van der Waals surface area (Å²) in [4.78, 5) is 10.8. The molecule has 168 valence electrons. The van der Waals surface area contributed by atoms with Crippen molar-refractivity contribution in [3.8, 4) is 16.8 Å². The highest BCUT2D eigenvalue weighted by molar-refractivity contribution is 7.25. The Labute approximate surface area is 210 Å². The summed E-state index contributed by atoms with van der Waals surface area (Å²) in [6.45, 7) is 0. The van der Waals surface area contributed by atoms with E-state index in [-0.39, 0.29) is 0 Å². The first-order valence-corrected chi connectivity index (χ1v) is 12.8. The first-order valence-electron chi connectivity index (χ1n) is 12.0. The minimum absolute atomic E-state index is 0.934. The van der Waals surface area contributed by atoms with Crippen LogP contribution in [0.5, 0.6) is 0 Å². The minimum atomic E-state index is 0.934. The maximum Gasteiger partial charge on any atom is 0.143 e. The average Bonchev–Trinajstić information content (AvgIpc) is 3.46. The first kappa shape index (κ1) is 19.7. The maximum absolute atomic E-state index is 4.97. The molecule has 0 aliphatic carbocycles. The molecule has 0 bridgehead atoms. The summed E-state index contributed by atoms with van der Waals surface area (Å²) < 4.78 is 3.58. The Morgan fingerprint density at radius 3 is 1.97 bits per heavy atom. The minimum Gasteiger partial charge on any atom is -0.309 e. The van der Waals surface area contributed by atoms with E-state index >= 15 is 0 Å². The zero-order chi connectivity index (χ0) is 23.6. The molecule has 0 saturated heterocycles. The molecule has 0 N–H and O–H groups in total. The molecule has 0 amide bonds. The largest absolute Gasteiger partial charge is 0.309 e. The highest BCUT2D eigenvalue weighted by Gasteiger charge is 2.14. The quantitative estimate of drug-likeness (QED) is 0.249. The Balaban J connectivity index is 1.33. The Kier molecular flexibility index (Phi) is 4.10. The van der Waals surface area contributed by atoms with Crippen LogP contribution in [-0.2, 0) is 0 Å². The molecule has 8 aromatic rings. The molecule has 0 fully saturated rings. The lowest BCUT2D eigenvalue weighted by molar-refractivity contribution is 1.18. The normalized spacial score (nSPS) is 11.9. The number of benzene rings is 5. The van der Waals surface area contributed by atoms with E-state index in [0.717, 1.165) is 32.5 Å². The molecule has 3 nitrogen and oxygen atoms in total. The number of fused-ring (bicyclic) bond motifs is 7. The first-order chi connectivity index (χ1) is 17.8. The van der Waals surface area contributed by atoms with Crippen molar-refractivity contribution in [1.82, 2.24) is 14.5 Å². The van der Waals surface area contributed by atoms with Crippen LogP contribution >= 0.6 is 11.3 Å². The van der Waals surface area contributed by atoms with Gasteiger partial charge in [-0.05, 0) is 59.7 Å². The van der Waals surface area contributed by atoms with E-state index in [1.807, 2.05) is 24.3 Å². The Morgan fingerprint density at radius 2 is 1.19 bits per heavy atom. The number of nitrogens with zero attached hydrogens (tertiary/aromatic N) is 3. The van der Waals surface area contributed by atoms with Gasteiger partial charge in [0.05, 0.1) is 22.1 Å². The second kappa shape index (κ2) is 7.48. The van der Waals surface area contributed by atoms with Gasteiger partial charge < -0.3 is 4.57 Å². The third kappa shape index (κ3) is 2.85. The van der Waals surface area contributed by atoms with Crippen molar-refractivity contribution in [2.45, 2.75) is 0 Å². The van der Waals surface area contributed by atoms with Gasteiger partial charge in [0, 0.05) is 26.5 Å². The number of para-hydroxylation sites is 4. The highest BCUT2D eigenvalue weighted by atomic mass is 32.1. The predicted molar refractivity (Wildman–Crippen MR) is 152 cm³/mol. The van der Waals surface area contributed by atoms with Crippen molar-refractivity contribution in [2.24, 2.45) is 0 Å². The zero-order valence-electron chi connectivity index (χ0n) is 19.2. The van der Waals surface area contributed by atoms with Gasteiger partial charge in [-0.3, -0.25) is 0 Å². The number of aromatic nitrogens is 3. The van der Waals surface area contributed by atoms with Crippen molar-refractivity contribution in [3.05, 3.63) is 115 Å². The van der Waals surface area contributed by atoms with Gasteiger partial charge >= 0.3 is 0 Å². The van der Waals surface area contributed by atoms with Crippen LogP contribution in [0, 0.1) is 0 Å². The van der Waals surface area contributed by atoms with E-state index in [2.05, 4.69) is 95.6 Å². The lowest BCUT2D eigenvalue weighted by atomic mass is 10.0. The molecule has 0 aliphatic heterocycles. The van der Waals surface area contributed by atoms with Crippen LogP contribution in [0.4, 0.5) is 0 Å². The molecule has 3 aromatic heterocycles. The molecule has 0 radical (unpaired) electrons. The summed E-state index contributed by atoms with van der Waals surface area (Å²) in [7, 11) is 0. The van der Waals surface area contributed by atoms with E-state index in [1.165, 1.54) is 37.6 Å². The molecule has 36 heavy (non-hydrogen) atoms. The van der Waals surface area contributed by atoms with E-state index in [0.29, 0.717) is 0 Å². The predicted octanol–water partition coefficient (Wildman–Crippen LogP) is 8.76. The van der Waals surface area contributed by atoms with Gasteiger partial charge in [-0.25, -0.2) is 9.97 Å². The van der Waals surface area contributed by atoms with E-state index in [9.17, 15) is 0 Å². The number of hydrogen-bond donors (Lipinski definition) is 0. The second-order valence-electron chi connectivity index (χ2n) is 9.10. The third-order valence-electron chi connectivity index (χ3n) is 7.00. The van der Waals surface area contributed by atoms with Gasteiger partial charge in [-0.2, -0.15) is 0 Å². The fraction of sp³-hybridized carbons (Fsp3) is 0. The van der Waals surface area contributed by atoms with Gasteiger partial charge in [-0.15, -0.1) is 11.3 Å². The van der Waals surface area contributed by atoms with Crippen LogP contribution in [-0.4, -0.2) is 14.5 Å². The van der Waals surface area contributed by atoms with Gasteiger partial charge in [0.1, 0.15) is 10.3 Å². The maximum atomic E-state index is 4.97. The van der Waals surface area contributed by atoms with E-state index < -0.39 is 0 Å². The van der Waals surface area contributed by atoms with Crippen LogP contribution in [0.1, 0.15) is 0 Å². The van der Waals surface area contributed by atoms with Crippen molar-refractivity contribution in [3.63, 3.8) is 0 Å². The zero-order valence-corrected chi connectivity index (χ0v) is 20.0. The smallest absolute Gasteiger partial charge is 0.143 e. The fourth-order valence-electron chi connectivity index (χ4n) is 5.34. The number of thiophene rings is 1. The SMILES string of the molecule is c1cc(-c2ccc3sc4nc5ccccc5nc4c3c2)cc(-n2c3ccccc3c3ccccc32)c1. The van der Waals surface area contributed by atoms with Crippen molar-refractivity contribution < 1.29 is 0 Å².